The Morgan fingerprint density at radius 1 is 1.05 bits per heavy atom. The highest BCUT2D eigenvalue weighted by Crippen LogP contribution is 2.25. The lowest BCUT2D eigenvalue weighted by Crippen LogP contribution is -1.96. The number of hydrogen-bond donors (Lipinski definition) is 1. The average Bonchev–Trinajstić information content (AvgIpc) is 2.40. The summed E-state index contributed by atoms with van der Waals surface area (Å²) in [6, 6.07) is 12.0. The predicted molar refractivity (Wildman–Crippen MR) is 74.2 cm³/mol. The van der Waals surface area contributed by atoms with E-state index in [4.69, 9.17) is 11.6 Å². The minimum atomic E-state index is -0.367. The quantitative estimate of drug-likeness (QED) is 0.762. The lowest BCUT2D eigenvalue weighted by atomic mass is 10.2. The lowest BCUT2D eigenvalue weighted by Gasteiger charge is -2.08. The summed E-state index contributed by atoms with van der Waals surface area (Å²) in [5.41, 5.74) is 1.08. The molecule has 0 amide bonds. The molecule has 5 heteroatoms. The Labute approximate surface area is 114 Å². The topological polar surface area (TPSA) is 37.8 Å². The first-order valence-electron chi connectivity index (χ1n) is 5.66. The van der Waals surface area contributed by atoms with Crippen LogP contribution in [0, 0.1) is 5.82 Å². The predicted octanol–water partition coefficient (Wildman–Crippen LogP) is 4.17. The molecule has 1 aromatic heterocycles. The summed E-state index contributed by atoms with van der Waals surface area (Å²) in [5.74, 6) is 0.181. The normalized spacial score (nSPS) is 10.6. The van der Waals surface area contributed by atoms with Gasteiger partial charge >= 0.3 is 0 Å². The van der Waals surface area contributed by atoms with Crippen molar-refractivity contribution in [1.29, 1.82) is 0 Å². The van der Waals surface area contributed by atoms with E-state index in [0.717, 1.165) is 5.69 Å². The van der Waals surface area contributed by atoms with Crippen molar-refractivity contribution >= 4 is 34.0 Å². The Hall–Kier alpha value is -2.20. The van der Waals surface area contributed by atoms with Crippen molar-refractivity contribution in [3.8, 4) is 0 Å². The first-order chi connectivity index (χ1) is 9.24. The molecule has 0 unspecified atom stereocenters. The van der Waals surface area contributed by atoms with Crippen LogP contribution in [0.3, 0.4) is 0 Å². The van der Waals surface area contributed by atoms with Crippen LogP contribution in [0.15, 0.2) is 48.8 Å². The van der Waals surface area contributed by atoms with Gasteiger partial charge in [-0.25, -0.2) is 14.4 Å². The molecule has 0 atom stereocenters. The Kier molecular flexibility index (Phi) is 3.01. The molecule has 0 saturated carbocycles. The van der Waals surface area contributed by atoms with Crippen molar-refractivity contribution in [3.05, 3.63) is 59.6 Å². The van der Waals surface area contributed by atoms with Gasteiger partial charge in [-0.3, -0.25) is 0 Å². The second-order valence-electron chi connectivity index (χ2n) is 3.99. The third-order valence-electron chi connectivity index (χ3n) is 2.70. The summed E-state index contributed by atoms with van der Waals surface area (Å²) in [6.07, 6.45) is 1.33. The van der Waals surface area contributed by atoms with Gasteiger partial charge in [-0.2, -0.15) is 0 Å². The average molecular weight is 274 g/mol. The Morgan fingerprint density at radius 2 is 1.89 bits per heavy atom. The zero-order chi connectivity index (χ0) is 13.2. The molecule has 0 radical (unpaired) electrons. The zero-order valence-electron chi connectivity index (χ0n) is 9.77. The van der Waals surface area contributed by atoms with E-state index < -0.39 is 0 Å². The van der Waals surface area contributed by atoms with E-state index in [2.05, 4.69) is 15.3 Å². The van der Waals surface area contributed by atoms with Crippen molar-refractivity contribution in [2.45, 2.75) is 0 Å². The molecule has 3 rings (SSSR count). The standard InChI is InChI=1S/C14H9ClFN3/c15-9-3-1-4-10(7-9)19-14-11-5-2-6-12(16)13(11)17-8-18-14/h1-8H,(H,17,18,19). The molecular formula is C14H9ClFN3. The minimum Gasteiger partial charge on any atom is -0.340 e. The summed E-state index contributed by atoms with van der Waals surface area (Å²) in [7, 11) is 0. The Morgan fingerprint density at radius 3 is 2.74 bits per heavy atom. The van der Waals surface area contributed by atoms with Crippen LogP contribution in [0.4, 0.5) is 15.9 Å². The van der Waals surface area contributed by atoms with Gasteiger partial charge < -0.3 is 5.32 Å². The number of benzene rings is 2. The van der Waals surface area contributed by atoms with E-state index in [-0.39, 0.29) is 5.82 Å². The molecule has 0 spiro atoms. The van der Waals surface area contributed by atoms with Crippen LogP contribution in [-0.4, -0.2) is 9.97 Å². The third kappa shape index (κ3) is 2.35. The van der Waals surface area contributed by atoms with Gasteiger partial charge in [0.05, 0.1) is 0 Å². The smallest absolute Gasteiger partial charge is 0.149 e. The van der Waals surface area contributed by atoms with Crippen LogP contribution in [0.5, 0.6) is 0 Å². The van der Waals surface area contributed by atoms with E-state index >= 15 is 0 Å². The van der Waals surface area contributed by atoms with Gasteiger partial charge in [0.25, 0.3) is 0 Å². The van der Waals surface area contributed by atoms with Gasteiger partial charge in [0.1, 0.15) is 23.5 Å². The largest absolute Gasteiger partial charge is 0.340 e. The maximum Gasteiger partial charge on any atom is 0.149 e. The first kappa shape index (κ1) is 11.9. The Balaban J connectivity index is 2.08. The van der Waals surface area contributed by atoms with Crippen LogP contribution < -0.4 is 5.32 Å². The van der Waals surface area contributed by atoms with Crippen LogP contribution >= 0.6 is 11.6 Å². The maximum atomic E-state index is 13.6. The van der Waals surface area contributed by atoms with Crippen molar-refractivity contribution in [3.63, 3.8) is 0 Å². The number of hydrogen-bond acceptors (Lipinski definition) is 3. The third-order valence-corrected chi connectivity index (χ3v) is 2.94. The summed E-state index contributed by atoms with van der Waals surface area (Å²) in [4.78, 5) is 8.09. The molecule has 0 aliphatic heterocycles. The van der Waals surface area contributed by atoms with E-state index in [9.17, 15) is 4.39 Å². The summed E-state index contributed by atoms with van der Waals surface area (Å²) in [6.45, 7) is 0. The number of aromatic nitrogens is 2. The summed E-state index contributed by atoms with van der Waals surface area (Å²) in [5, 5.41) is 4.36. The molecule has 1 heterocycles. The molecular weight excluding hydrogens is 265 g/mol. The highest BCUT2D eigenvalue weighted by molar-refractivity contribution is 6.30. The van der Waals surface area contributed by atoms with Crippen LogP contribution in [0.2, 0.25) is 5.02 Å². The Bertz CT molecular complexity index is 746. The van der Waals surface area contributed by atoms with E-state index in [0.29, 0.717) is 21.7 Å². The molecule has 2 aromatic carbocycles. The monoisotopic (exact) mass is 273 g/mol. The van der Waals surface area contributed by atoms with Gasteiger partial charge in [-0.1, -0.05) is 23.7 Å². The fourth-order valence-corrected chi connectivity index (χ4v) is 2.04. The summed E-state index contributed by atoms with van der Waals surface area (Å²) >= 11 is 5.92. The molecule has 1 N–H and O–H groups in total. The van der Waals surface area contributed by atoms with Crippen LogP contribution in [-0.2, 0) is 0 Å². The second kappa shape index (κ2) is 4.82. The molecule has 0 fully saturated rings. The SMILES string of the molecule is Fc1cccc2c(Nc3cccc(Cl)c3)ncnc12. The van der Waals surface area contributed by atoms with Crippen molar-refractivity contribution < 1.29 is 4.39 Å². The second-order valence-corrected chi connectivity index (χ2v) is 4.43. The number of rotatable bonds is 2. The highest BCUT2D eigenvalue weighted by atomic mass is 35.5. The number of halogens is 2. The fourth-order valence-electron chi connectivity index (χ4n) is 1.85. The number of nitrogens with zero attached hydrogens (tertiary/aromatic N) is 2. The van der Waals surface area contributed by atoms with Crippen molar-refractivity contribution in [2.24, 2.45) is 0 Å². The van der Waals surface area contributed by atoms with Gasteiger partial charge in [-0.15, -0.1) is 0 Å². The molecule has 3 aromatic rings. The van der Waals surface area contributed by atoms with E-state index in [1.165, 1.54) is 12.4 Å². The van der Waals surface area contributed by atoms with Crippen molar-refractivity contribution in [2.75, 3.05) is 5.32 Å². The summed E-state index contributed by atoms with van der Waals surface area (Å²) < 4.78 is 13.6. The fraction of sp³-hybridized carbons (Fsp3) is 0. The molecule has 19 heavy (non-hydrogen) atoms. The number of para-hydroxylation sites is 1. The number of nitrogens with one attached hydrogen (secondary N) is 1. The van der Waals surface area contributed by atoms with Gasteiger partial charge in [0.15, 0.2) is 0 Å². The number of fused-ring (bicyclic) bond motifs is 1. The van der Waals surface area contributed by atoms with Gasteiger partial charge in [-0.05, 0) is 30.3 Å². The van der Waals surface area contributed by atoms with Crippen LogP contribution in [0.25, 0.3) is 10.9 Å². The van der Waals surface area contributed by atoms with E-state index in [1.807, 2.05) is 12.1 Å². The maximum absolute atomic E-state index is 13.6. The molecule has 0 saturated heterocycles. The first-order valence-corrected chi connectivity index (χ1v) is 6.03. The van der Waals surface area contributed by atoms with Crippen LogP contribution in [0.1, 0.15) is 0 Å². The molecule has 94 valence electrons. The molecule has 3 nitrogen and oxygen atoms in total. The highest BCUT2D eigenvalue weighted by Gasteiger charge is 2.07. The van der Waals surface area contributed by atoms with Gasteiger partial charge in [0, 0.05) is 16.1 Å². The molecule has 0 aliphatic carbocycles. The zero-order valence-corrected chi connectivity index (χ0v) is 10.5. The molecule has 0 aliphatic rings. The molecule has 0 bridgehead atoms. The number of anilines is 2. The minimum absolute atomic E-state index is 0.294. The van der Waals surface area contributed by atoms with E-state index in [1.54, 1.807) is 24.3 Å². The lowest BCUT2D eigenvalue weighted by molar-refractivity contribution is 0.636. The van der Waals surface area contributed by atoms with Crippen molar-refractivity contribution in [1.82, 2.24) is 9.97 Å². The van der Waals surface area contributed by atoms with Gasteiger partial charge in [0.2, 0.25) is 0 Å².